The molecule has 3 rings (SSSR count). The summed E-state index contributed by atoms with van der Waals surface area (Å²) in [5, 5.41) is 21.1. The van der Waals surface area contributed by atoms with Gasteiger partial charge in [0.25, 0.3) is 0 Å². The maximum absolute atomic E-state index is 11.0. The van der Waals surface area contributed by atoms with Gasteiger partial charge in [-0.05, 0) is 19.1 Å². The van der Waals surface area contributed by atoms with Gasteiger partial charge in [-0.15, -0.1) is 0 Å². The van der Waals surface area contributed by atoms with Crippen LogP contribution in [0.3, 0.4) is 0 Å². The van der Waals surface area contributed by atoms with Gasteiger partial charge in [-0.2, -0.15) is 9.64 Å². The highest BCUT2D eigenvalue weighted by Gasteiger charge is 2.24. The Morgan fingerprint density at radius 3 is 2.54 bits per heavy atom. The summed E-state index contributed by atoms with van der Waals surface area (Å²) in [5.41, 5.74) is 6.17. The van der Waals surface area contributed by atoms with Crippen LogP contribution in [0.25, 0.3) is 0 Å². The number of aromatic nitrogens is 2. The number of anilines is 3. The number of nitriles is 1. The fourth-order valence-electron chi connectivity index (χ4n) is 2.68. The number of rotatable bonds is 3. The first-order valence-electron chi connectivity index (χ1n) is 7.28. The molecule has 1 aromatic heterocycles. The van der Waals surface area contributed by atoms with Crippen molar-refractivity contribution >= 4 is 33.7 Å². The van der Waals surface area contributed by atoms with Crippen LogP contribution in [-0.4, -0.2) is 40.5 Å². The minimum absolute atomic E-state index is 0.0104. The summed E-state index contributed by atoms with van der Waals surface area (Å²) >= 11 is 1.38. The van der Waals surface area contributed by atoms with Crippen LogP contribution in [-0.2, 0) is 0 Å². The van der Waals surface area contributed by atoms with Crippen molar-refractivity contribution in [2.24, 2.45) is 0 Å². The topological polar surface area (TPSA) is 125 Å². The Morgan fingerprint density at radius 2 is 2.00 bits per heavy atom. The van der Waals surface area contributed by atoms with Gasteiger partial charge in [0.05, 0.1) is 4.92 Å². The number of benzene rings is 1. The summed E-state index contributed by atoms with van der Waals surface area (Å²) in [6.45, 7) is 4.79. The number of aryl methyl sites for hydroxylation is 1. The molecular formula is C14H15N7O2S. The molecule has 2 heterocycles. The van der Waals surface area contributed by atoms with Gasteiger partial charge in [-0.3, -0.25) is 10.1 Å². The lowest BCUT2D eigenvalue weighted by Crippen LogP contribution is -2.46. The number of hydrogen-bond acceptors (Lipinski definition) is 9. The summed E-state index contributed by atoms with van der Waals surface area (Å²) in [4.78, 5) is 19.0. The molecule has 0 unspecified atom stereocenters. The molecule has 10 heteroatoms. The van der Waals surface area contributed by atoms with Crippen molar-refractivity contribution < 1.29 is 4.92 Å². The summed E-state index contributed by atoms with van der Waals surface area (Å²) in [6, 6.07) is 4.95. The lowest BCUT2D eigenvalue weighted by Gasteiger charge is -2.35. The highest BCUT2D eigenvalue weighted by atomic mass is 32.1. The normalized spacial score (nSPS) is 14.5. The predicted molar refractivity (Wildman–Crippen MR) is 91.3 cm³/mol. The third kappa shape index (κ3) is 2.93. The summed E-state index contributed by atoms with van der Waals surface area (Å²) < 4.78 is 4.19. The fraction of sp³-hybridized carbons (Fsp3) is 0.357. The molecular weight excluding hydrogens is 330 g/mol. The number of piperazine rings is 1. The Hall–Kier alpha value is -2.93. The van der Waals surface area contributed by atoms with Crippen LogP contribution in [0, 0.1) is 28.4 Å². The second-order valence-corrected chi connectivity index (χ2v) is 6.13. The van der Waals surface area contributed by atoms with Crippen LogP contribution in [0.15, 0.2) is 12.1 Å². The van der Waals surface area contributed by atoms with Gasteiger partial charge < -0.3 is 15.5 Å². The van der Waals surface area contributed by atoms with E-state index < -0.39 is 4.92 Å². The predicted octanol–water partition coefficient (Wildman–Crippen LogP) is 1.54. The summed E-state index contributed by atoms with van der Waals surface area (Å²) in [7, 11) is 0. The van der Waals surface area contributed by atoms with Crippen LogP contribution < -0.4 is 15.5 Å². The lowest BCUT2D eigenvalue weighted by atomic mass is 10.1. The molecule has 24 heavy (non-hydrogen) atoms. The number of nitrogens with two attached hydrogens (primary N) is 1. The monoisotopic (exact) mass is 345 g/mol. The number of hydrogen-bond donors (Lipinski definition) is 1. The van der Waals surface area contributed by atoms with E-state index in [-0.39, 0.29) is 16.9 Å². The Bertz CT molecular complexity index is 821. The average Bonchev–Trinajstić information content (AvgIpc) is 3.00. The van der Waals surface area contributed by atoms with Gasteiger partial charge in [0.2, 0.25) is 5.13 Å². The number of nitro groups is 1. The highest BCUT2D eigenvalue weighted by molar-refractivity contribution is 7.09. The quantitative estimate of drug-likeness (QED) is 0.504. The molecule has 2 aromatic rings. The summed E-state index contributed by atoms with van der Waals surface area (Å²) in [5.74, 6) is 0.763. The smallest absolute Gasteiger partial charge is 0.309 e. The van der Waals surface area contributed by atoms with Gasteiger partial charge >= 0.3 is 5.69 Å². The SMILES string of the molecule is Cc1nsc(N2CCN(c3cc(N)c([N+](=O)[O-])c(C#N)c3)CC2)n1. The van der Waals surface area contributed by atoms with E-state index in [1.165, 1.54) is 17.6 Å². The van der Waals surface area contributed by atoms with Crippen molar-refractivity contribution in [2.75, 3.05) is 41.7 Å². The lowest BCUT2D eigenvalue weighted by molar-refractivity contribution is -0.384. The second-order valence-electron chi connectivity index (χ2n) is 5.40. The minimum Gasteiger partial charge on any atom is -0.393 e. The van der Waals surface area contributed by atoms with E-state index in [0.29, 0.717) is 13.1 Å². The largest absolute Gasteiger partial charge is 0.393 e. The zero-order valence-electron chi connectivity index (χ0n) is 13.0. The number of nitro benzene ring substituents is 1. The molecule has 1 aliphatic rings. The minimum atomic E-state index is -0.618. The average molecular weight is 345 g/mol. The molecule has 0 amide bonds. The van der Waals surface area contributed by atoms with Crippen molar-refractivity contribution in [3.05, 3.63) is 33.6 Å². The first-order chi connectivity index (χ1) is 11.5. The van der Waals surface area contributed by atoms with Crippen molar-refractivity contribution in [3.8, 4) is 6.07 Å². The second kappa shape index (κ2) is 6.29. The zero-order valence-corrected chi connectivity index (χ0v) is 13.8. The van der Waals surface area contributed by atoms with Crippen molar-refractivity contribution in [1.82, 2.24) is 9.36 Å². The molecule has 1 aliphatic heterocycles. The molecule has 0 bridgehead atoms. The van der Waals surface area contributed by atoms with Gasteiger partial charge in [-0.25, -0.2) is 4.98 Å². The maximum atomic E-state index is 11.0. The number of nitrogens with zero attached hydrogens (tertiary/aromatic N) is 6. The van der Waals surface area contributed by atoms with Crippen LogP contribution in [0.5, 0.6) is 0 Å². The molecule has 0 saturated carbocycles. The van der Waals surface area contributed by atoms with E-state index >= 15 is 0 Å². The molecule has 2 N–H and O–H groups in total. The Balaban J connectivity index is 1.78. The Morgan fingerprint density at radius 1 is 1.33 bits per heavy atom. The van der Waals surface area contributed by atoms with Gasteiger partial charge in [0.15, 0.2) is 0 Å². The Labute approximate surface area is 142 Å². The van der Waals surface area contributed by atoms with Gasteiger partial charge in [0.1, 0.15) is 23.1 Å². The molecule has 1 aromatic carbocycles. The number of nitrogen functional groups attached to an aromatic ring is 1. The highest BCUT2D eigenvalue weighted by Crippen LogP contribution is 2.32. The van der Waals surface area contributed by atoms with E-state index in [2.05, 4.69) is 19.2 Å². The molecule has 9 nitrogen and oxygen atoms in total. The standard InChI is InChI=1S/C14H15N7O2S/c1-9-17-14(24-18-9)20-4-2-19(3-5-20)11-6-10(8-15)13(21(22)23)12(16)7-11/h6-7H,2-5,16H2,1H3. The van der Waals surface area contributed by atoms with Crippen LogP contribution in [0.1, 0.15) is 11.4 Å². The van der Waals surface area contributed by atoms with Gasteiger partial charge in [-0.1, -0.05) is 0 Å². The van der Waals surface area contributed by atoms with E-state index in [1.807, 2.05) is 13.0 Å². The van der Waals surface area contributed by atoms with Crippen molar-refractivity contribution in [1.29, 1.82) is 5.26 Å². The maximum Gasteiger partial charge on any atom is 0.309 e. The molecule has 124 valence electrons. The van der Waals surface area contributed by atoms with E-state index in [4.69, 9.17) is 11.0 Å². The van der Waals surface area contributed by atoms with Crippen molar-refractivity contribution in [2.45, 2.75) is 6.92 Å². The first kappa shape index (κ1) is 15.9. The zero-order chi connectivity index (χ0) is 17.3. The molecule has 0 aliphatic carbocycles. The van der Waals surface area contributed by atoms with Crippen LogP contribution in [0.4, 0.5) is 22.2 Å². The molecule has 0 spiro atoms. The van der Waals surface area contributed by atoms with Gasteiger partial charge in [0, 0.05) is 43.4 Å². The van der Waals surface area contributed by atoms with E-state index in [1.54, 1.807) is 6.07 Å². The van der Waals surface area contributed by atoms with Crippen molar-refractivity contribution in [3.63, 3.8) is 0 Å². The Kier molecular flexibility index (Phi) is 4.18. The van der Waals surface area contributed by atoms with Crippen LogP contribution in [0.2, 0.25) is 0 Å². The van der Waals surface area contributed by atoms with E-state index in [0.717, 1.165) is 29.7 Å². The first-order valence-corrected chi connectivity index (χ1v) is 8.05. The molecule has 1 saturated heterocycles. The fourth-order valence-corrected chi connectivity index (χ4v) is 3.41. The summed E-state index contributed by atoms with van der Waals surface area (Å²) in [6.07, 6.45) is 0. The third-order valence-electron chi connectivity index (χ3n) is 3.86. The van der Waals surface area contributed by atoms with E-state index in [9.17, 15) is 10.1 Å². The third-order valence-corrected chi connectivity index (χ3v) is 4.73. The molecule has 0 radical (unpaired) electrons. The molecule has 0 atom stereocenters. The van der Waals surface area contributed by atoms with Crippen LogP contribution >= 0.6 is 11.5 Å². The molecule has 1 fully saturated rings.